The summed E-state index contributed by atoms with van der Waals surface area (Å²) < 4.78 is 0. The van der Waals surface area contributed by atoms with Crippen molar-refractivity contribution in [1.29, 1.82) is 0 Å². The Hall–Kier alpha value is -1.85. The van der Waals surface area contributed by atoms with Crippen LogP contribution in [-0.2, 0) is 6.42 Å². The number of amides is 1. The van der Waals surface area contributed by atoms with Gasteiger partial charge in [0.15, 0.2) is 0 Å². The summed E-state index contributed by atoms with van der Waals surface area (Å²) in [5.74, 6) is -0.0305. The number of nitrogens with one attached hydrogen (secondary N) is 1. The van der Waals surface area contributed by atoms with E-state index in [0.717, 1.165) is 5.56 Å². The highest BCUT2D eigenvalue weighted by molar-refractivity contribution is 6.35. The molecule has 0 bridgehead atoms. The van der Waals surface area contributed by atoms with Crippen LogP contribution in [0.3, 0.4) is 0 Å². The van der Waals surface area contributed by atoms with Crippen molar-refractivity contribution in [3.8, 4) is 0 Å². The average Bonchev–Trinajstić information content (AvgIpc) is 2.42. The van der Waals surface area contributed by atoms with Gasteiger partial charge in [0, 0.05) is 16.6 Å². The second-order valence-electron chi connectivity index (χ2n) is 4.07. The highest BCUT2D eigenvalue weighted by atomic mass is 35.5. The molecule has 0 spiro atoms. The summed E-state index contributed by atoms with van der Waals surface area (Å²) in [4.78, 5) is 19.5. The number of rotatable bonds is 4. The molecule has 0 aliphatic rings. The van der Waals surface area contributed by atoms with E-state index in [0.29, 0.717) is 23.0 Å². The van der Waals surface area contributed by atoms with Crippen LogP contribution in [0.25, 0.3) is 0 Å². The van der Waals surface area contributed by atoms with Crippen LogP contribution in [0.15, 0.2) is 30.6 Å². The summed E-state index contributed by atoms with van der Waals surface area (Å²) in [6, 6.07) is 5.27. The molecule has 7 heteroatoms. The number of hydrogen-bond acceptors (Lipinski definition) is 4. The molecule has 20 heavy (non-hydrogen) atoms. The van der Waals surface area contributed by atoms with Crippen molar-refractivity contribution in [3.05, 3.63) is 51.9 Å². The van der Waals surface area contributed by atoms with Gasteiger partial charge in [0.05, 0.1) is 12.4 Å². The molecule has 2 aromatic rings. The van der Waals surface area contributed by atoms with E-state index in [1.807, 2.05) is 6.07 Å². The van der Waals surface area contributed by atoms with E-state index in [4.69, 9.17) is 28.9 Å². The smallest absolute Gasteiger partial charge is 0.271 e. The molecule has 0 radical (unpaired) electrons. The van der Waals surface area contributed by atoms with Gasteiger partial charge in [-0.05, 0) is 24.1 Å². The first kappa shape index (κ1) is 14.6. The van der Waals surface area contributed by atoms with Crippen LogP contribution in [0.4, 0.5) is 5.82 Å². The molecule has 1 heterocycles. The van der Waals surface area contributed by atoms with Gasteiger partial charge in [0.2, 0.25) is 0 Å². The number of carbonyl (C=O) groups excluding carboxylic acids is 1. The van der Waals surface area contributed by atoms with Crippen molar-refractivity contribution < 1.29 is 4.79 Å². The third-order valence-corrected chi connectivity index (χ3v) is 3.19. The molecule has 0 saturated heterocycles. The van der Waals surface area contributed by atoms with Gasteiger partial charge in [-0.2, -0.15) is 0 Å². The number of anilines is 1. The molecule has 1 amide bonds. The van der Waals surface area contributed by atoms with Gasteiger partial charge in [-0.15, -0.1) is 0 Å². The Labute approximate surface area is 126 Å². The fraction of sp³-hybridized carbons (Fsp3) is 0.154. The van der Waals surface area contributed by atoms with Crippen LogP contribution in [0, 0.1) is 0 Å². The monoisotopic (exact) mass is 310 g/mol. The predicted octanol–water partition coefficient (Wildman–Crippen LogP) is 2.34. The molecule has 104 valence electrons. The van der Waals surface area contributed by atoms with Gasteiger partial charge < -0.3 is 11.1 Å². The summed E-state index contributed by atoms with van der Waals surface area (Å²) >= 11 is 11.9. The Morgan fingerprint density at radius 2 is 2.05 bits per heavy atom. The van der Waals surface area contributed by atoms with Gasteiger partial charge >= 0.3 is 0 Å². The first-order valence-corrected chi connectivity index (χ1v) is 6.61. The lowest BCUT2D eigenvalue weighted by Crippen LogP contribution is -2.26. The first-order valence-electron chi connectivity index (χ1n) is 5.86. The third-order valence-electron chi connectivity index (χ3n) is 2.60. The molecular weight excluding hydrogens is 299 g/mol. The van der Waals surface area contributed by atoms with Crippen molar-refractivity contribution in [3.63, 3.8) is 0 Å². The summed E-state index contributed by atoms with van der Waals surface area (Å²) in [5.41, 5.74) is 6.54. The molecule has 5 nitrogen and oxygen atoms in total. The number of nitrogens with zero attached hydrogens (tertiary/aromatic N) is 2. The fourth-order valence-corrected chi connectivity index (χ4v) is 2.08. The maximum atomic E-state index is 11.8. The zero-order valence-corrected chi connectivity index (χ0v) is 11.9. The summed E-state index contributed by atoms with van der Waals surface area (Å²) in [5, 5.41) is 3.90. The summed E-state index contributed by atoms with van der Waals surface area (Å²) in [6.07, 6.45) is 3.27. The van der Waals surface area contributed by atoms with Crippen LogP contribution in [-0.4, -0.2) is 22.4 Å². The Balaban J connectivity index is 1.89. The largest absolute Gasteiger partial charge is 0.382 e. The molecule has 0 aliphatic heterocycles. The Kier molecular flexibility index (Phi) is 4.76. The number of nitrogens with two attached hydrogens (primary N) is 1. The van der Waals surface area contributed by atoms with Gasteiger partial charge in [-0.1, -0.05) is 29.3 Å². The first-order chi connectivity index (χ1) is 9.56. The van der Waals surface area contributed by atoms with E-state index in [1.54, 1.807) is 12.1 Å². The third kappa shape index (κ3) is 3.82. The van der Waals surface area contributed by atoms with Crippen molar-refractivity contribution in [1.82, 2.24) is 15.3 Å². The molecule has 0 aliphatic carbocycles. The number of hydrogen-bond donors (Lipinski definition) is 2. The molecule has 0 atom stereocenters. The Morgan fingerprint density at radius 1 is 1.25 bits per heavy atom. The van der Waals surface area contributed by atoms with Gasteiger partial charge in [0.25, 0.3) is 5.91 Å². The van der Waals surface area contributed by atoms with Crippen molar-refractivity contribution in [2.45, 2.75) is 6.42 Å². The number of nitrogen functional groups attached to an aromatic ring is 1. The maximum absolute atomic E-state index is 11.8. The molecule has 1 aromatic heterocycles. The number of carbonyl (C=O) groups is 1. The van der Waals surface area contributed by atoms with E-state index >= 15 is 0 Å². The molecular formula is C13H12Cl2N4O. The standard InChI is InChI=1S/C13H12Cl2N4O/c14-9-2-1-8(10(15)5-9)3-4-17-13(20)11-6-19-12(16)7-18-11/h1-2,5-7H,3-4H2,(H2,16,19)(H,17,20). The minimum absolute atomic E-state index is 0.224. The van der Waals surface area contributed by atoms with E-state index < -0.39 is 0 Å². The average molecular weight is 311 g/mol. The van der Waals surface area contributed by atoms with Crippen molar-refractivity contribution >= 4 is 34.9 Å². The quantitative estimate of drug-likeness (QED) is 0.908. The second kappa shape index (κ2) is 6.54. The zero-order chi connectivity index (χ0) is 14.5. The van der Waals surface area contributed by atoms with Crippen molar-refractivity contribution in [2.75, 3.05) is 12.3 Å². The van der Waals surface area contributed by atoms with Crippen LogP contribution in [0.2, 0.25) is 10.0 Å². The molecule has 0 unspecified atom stereocenters. The second-order valence-corrected chi connectivity index (χ2v) is 4.91. The van der Waals surface area contributed by atoms with Crippen LogP contribution in [0.1, 0.15) is 16.1 Å². The van der Waals surface area contributed by atoms with E-state index in [9.17, 15) is 4.79 Å². The van der Waals surface area contributed by atoms with Gasteiger partial charge in [-0.25, -0.2) is 9.97 Å². The van der Waals surface area contributed by atoms with Crippen LogP contribution in [0.5, 0.6) is 0 Å². The van der Waals surface area contributed by atoms with E-state index in [1.165, 1.54) is 12.4 Å². The number of halogens is 2. The normalized spacial score (nSPS) is 10.3. The van der Waals surface area contributed by atoms with Gasteiger partial charge in [0.1, 0.15) is 11.5 Å². The van der Waals surface area contributed by atoms with Gasteiger partial charge in [-0.3, -0.25) is 4.79 Å². The SMILES string of the molecule is Nc1cnc(C(=O)NCCc2ccc(Cl)cc2Cl)cn1. The molecule has 0 fully saturated rings. The number of aromatic nitrogens is 2. The molecule has 0 saturated carbocycles. The highest BCUT2D eigenvalue weighted by Crippen LogP contribution is 2.21. The number of benzene rings is 1. The topological polar surface area (TPSA) is 80.9 Å². The minimum Gasteiger partial charge on any atom is -0.382 e. The lowest BCUT2D eigenvalue weighted by Gasteiger charge is -2.06. The Morgan fingerprint density at radius 3 is 2.70 bits per heavy atom. The molecule has 2 rings (SSSR count). The predicted molar refractivity (Wildman–Crippen MR) is 78.9 cm³/mol. The summed E-state index contributed by atoms with van der Waals surface area (Å²) in [6.45, 7) is 0.437. The van der Waals surface area contributed by atoms with E-state index in [2.05, 4.69) is 15.3 Å². The van der Waals surface area contributed by atoms with Crippen LogP contribution < -0.4 is 11.1 Å². The summed E-state index contributed by atoms with van der Waals surface area (Å²) in [7, 11) is 0. The fourth-order valence-electron chi connectivity index (χ4n) is 1.58. The highest BCUT2D eigenvalue weighted by Gasteiger charge is 2.07. The lowest BCUT2D eigenvalue weighted by molar-refractivity contribution is 0.0949. The van der Waals surface area contributed by atoms with Crippen LogP contribution >= 0.6 is 23.2 Å². The minimum atomic E-state index is -0.303. The maximum Gasteiger partial charge on any atom is 0.271 e. The molecule has 3 N–H and O–H groups in total. The Bertz CT molecular complexity index is 616. The zero-order valence-electron chi connectivity index (χ0n) is 10.4. The van der Waals surface area contributed by atoms with Crippen molar-refractivity contribution in [2.24, 2.45) is 0 Å². The van der Waals surface area contributed by atoms with E-state index in [-0.39, 0.29) is 17.4 Å². The lowest BCUT2D eigenvalue weighted by atomic mass is 10.1. The molecule has 1 aromatic carbocycles.